The molecular formula is C32H45N3O2. The summed E-state index contributed by atoms with van der Waals surface area (Å²) in [7, 11) is 0. The van der Waals surface area contributed by atoms with Gasteiger partial charge in [0.05, 0.1) is 0 Å². The van der Waals surface area contributed by atoms with Gasteiger partial charge in [-0.25, -0.2) is 0 Å². The molecule has 5 heteroatoms. The van der Waals surface area contributed by atoms with E-state index in [-0.39, 0.29) is 28.8 Å². The second-order valence-corrected chi connectivity index (χ2v) is 14.3. The largest absolute Gasteiger partial charge is 0.364 e. The zero-order chi connectivity index (χ0) is 26.3. The van der Waals surface area contributed by atoms with Gasteiger partial charge in [0.25, 0.3) is 0 Å². The molecule has 2 aliphatic carbocycles. The number of carbonyl (C=O) groups is 2. The fraction of sp³-hybridized carbons (Fsp3) is 0.688. The van der Waals surface area contributed by atoms with E-state index in [0.29, 0.717) is 36.0 Å². The lowest BCUT2D eigenvalue weighted by molar-refractivity contribution is -0.149. The lowest BCUT2D eigenvalue weighted by atomic mass is 9.46. The molecule has 0 unspecified atom stereocenters. The Hall–Kier alpha value is -2.30. The van der Waals surface area contributed by atoms with E-state index in [0.717, 1.165) is 18.5 Å². The van der Waals surface area contributed by atoms with Crippen LogP contribution in [0.5, 0.6) is 0 Å². The highest BCUT2D eigenvalue weighted by Gasteiger charge is 2.65. The number of nitrogens with zero attached hydrogens (tertiary/aromatic N) is 1. The van der Waals surface area contributed by atoms with Crippen molar-refractivity contribution in [1.82, 2.24) is 10.2 Å². The van der Waals surface area contributed by atoms with Crippen LogP contribution in [0.1, 0.15) is 91.5 Å². The fourth-order valence-corrected chi connectivity index (χ4v) is 9.62. The Labute approximate surface area is 222 Å². The van der Waals surface area contributed by atoms with Gasteiger partial charge < -0.3 is 15.5 Å². The maximum atomic E-state index is 13.9. The Bertz CT molecular complexity index is 1140. The Morgan fingerprint density at radius 3 is 2.62 bits per heavy atom. The van der Waals surface area contributed by atoms with Crippen LogP contribution in [0.4, 0.5) is 5.69 Å². The second kappa shape index (κ2) is 8.35. The van der Waals surface area contributed by atoms with E-state index >= 15 is 0 Å². The van der Waals surface area contributed by atoms with Gasteiger partial charge in [-0.2, -0.15) is 0 Å². The third-order valence-electron chi connectivity index (χ3n) is 11.2. The number of benzene rings is 1. The minimum absolute atomic E-state index is 0.0173. The maximum Gasteiger partial charge on any atom is 0.247 e. The van der Waals surface area contributed by atoms with E-state index < -0.39 is 12.1 Å². The van der Waals surface area contributed by atoms with Crippen LogP contribution in [0.25, 0.3) is 0 Å². The Morgan fingerprint density at radius 1 is 1.11 bits per heavy atom. The van der Waals surface area contributed by atoms with Gasteiger partial charge in [-0.15, -0.1) is 0 Å². The second-order valence-electron chi connectivity index (χ2n) is 14.3. The van der Waals surface area contributed by atoms with E-state index in [2.05, 4.69) is 76.1 Å². The van der Waals surface area contributed by atoms with Gasteiger partial charge in [0.1, 0.15) is 18.2 Å². The van der Waals surface area contributed by atoms with Crippen LogP contribution in [0, 0.1) is 28.6 Å². The normalized spacial score (nSPS) is 40.0. The molecule has 7 atom stereocenters. The first-order chi connectivity index (χ1) is 17.5. The summed E-state index contributed by atoms with van der Waals surface area (Å²) in [5, 5.41) is 6.86. The van der Waals surface area contributed by atoms with Crippen LogP contribution in [-0.4, -0.2) is 35.0 Å². The Morgan fingerprint density at radius 2 is 1.86 bits per heavy atom. The minimum atomic E-state index is -0.434. The van der Waals surface area contributed by atoms with Gasteiger partial charge in [-0.1, -0.05) is 71.4 Å². The third kappa shape index (κ3) is 3.55. The lowest BCUT2D eigenvalue weighted by Crippen LogP contribution is -2.64. The molecule has 3 aliphatic heterocycles. The number of amides is 2. The van der Waals surface area contributed by atoms with E-state index in [1.807, 2.05) is 4.90 Å². The highest BCUT2D eigenvalue weighted by Crippen LogP contribution is 2.65. The number of fused-ring (bicyclic) bond motifs is 6. The van der Waals surface area contributed by atoms with E-state index in [9.17, 15) is 9.59 Å². The van der Waals surface area contributed by atoms with Crippen molar-refractivity contribution in [1.29, 1.82) is 0 Å². The summed E-state index contributed by atoms with van der Waals surface area (Å²) in [5.74, 6) is 1.49. The summed E-state index contributed by atoms with van der Waals surface area (Å²) in [4.78, 5) is 29.3. The maximum absolute atomic E-state index is 13.9. The van der Waals surface area contributed by atoms with Gasteiger partial charge in [0.15, 0.2) is 0 Å². The molecule has 3 heterocycles. The molecule has 0 spiro atoms. The number of anilines is 1. The molecule has 1 aromatic rings. The number of piperazine rings is 1. The van der Waals surface area contributed by atoms with E-state index in [1.165, 1.54) is 36.8 Å². The van der Waals surface area contributed by atoms with Gasteiger partial charge in [-0.3, -0.25) is 9.59 Å². The van der Waals surface area contributed by atoms with Crippen LogP contribution in [0.15, 0.2) is 36.4 Å². The van der Waals surface area contributed by atoms with Crippen LogP contribution in [0.2, 0.25) is 0 Å². The minimum Gasteiger partial charge on any atom is -0.364 e. The molecule has 5 aliphatic rings. The van der Waals surface area contributed by atoms with Crippen LogP contribution in [-0.2, 0) is 15.0 Å². The smallest absolute Gasteiger partial charge is 0.247 e. The Balaban J connectivity index is 1.43. The highest BCUT2D eigenvalue weighted by molar-refractivity contribution is 5.98. The summed E-state index contributed by atoms with van der Waals surface area (Å²) < 4.78 is 0. The monoisotopic (exact) mass is 503 g/mol. The standard InChI is InChI=1S/C32H45N3O2/c1-19(2)16-24-28(37)35-25(27(36)33-24)18-32(21-10-7-8-11-23(21)34-29(32)35)17-22-20(3)12-13-26-30(4,5)14-9-15-31(22,26)6/h7-8,10-11,19,22,24-26,29,34H,3,9,12-18H2,1-2,4-6H3,(H,33,36)/t22-,24-,25-,26-,29-,31+,32-/m0/s1. The van der Waals surface area contributed by atoms with Crippen LogP contribution in [0.3, 0.4) is 0 Å². The molecule has 2 amide bonds. The summed E-state index contributed by atoms with van der Waals surface area (Å²) in [5.41, 5.74) is 4.03. The first kappa shape index (κ1) is 25.0. The molecule has 200 valence electrons. The van der Waals surface area contributed by atoms with Crippen LogP contribution < -0.4 is 10.6 Å². The van der Waals surface area contributed by atoms with Crippen molar-refractivity contribution in [3.05, 3.63) is 42.0 Å². The van der Waals surface area contributed by atoms with Crippen molar-refractivity contribution in [3.8, 4) is 0 Å². The average molecular weight is 504 g/mol. The molecule has 0 radical (unpaired) electrons. The average Bonchev–Trinajstić information content (AvgIpc) is 3.30. The molecule has 2 N–H and O–H groups in total. The molecule has 0 bridgehead atoms. The van der Waals surface area contributed by atoms with Crippen molar-refractivity contribution in [3.63, 3.8) is 0 Å². The number of nitrogens with one attached hydrogen (secondary N) is 2. The van der Waals surface area contributed by atoms with Crippen molar-refractivity contribution < 1.29 is 9.59 Å². The third-order valence-corrected chi connectivity index (χ3v) is 11.2. The molecule has 6 rings (SSSR count). The molecule has 0 aromatic heterocycles. The van der Waals surface area contributed by atoms with Crippen molar-refractivity contribution >= 4 is 17.5 Å². The first-order valence-electron chi connectivity index (χ1n) is 14.6. The Kier molecular flexibility index (Phi) is 5.64. The van der Waals surface area contributed by atoms with Crippen molar-refractivity contribution in [2.45, 2.75) is 110 Å². The predicted octanol–water partition coefficient (Wildman–Crippen LogP) is 6.01. The summed E-state index contributed by atoms with van der Waals surface area (Å²) in [6, 6.07) is 7.74. The summed E-state index contributed by atoms with van der Waals surface area (Å²) in [6.07, 6.45) is 8.25. The number of rotatable bonds is 4. The molecule has 1 aromatic carbocycles. The summed E-state index contributed by atoms with van der Waals surface area (Å²) >= 11 is 0. The molecular weight excluding hydrogens is 458 g/mol. The zero-order valence-electron chi connectivity index (χ0n) is 23.4. The molecule has 5 nitrogen and oxygen atoms in total. The predicted molar refractivity (Wildman–Crippen MR) is 148 cm³/mol. The number of allylic oxidation sites excluding steroid dienone is 1. The summed E-state index contributed by atoms with van der Waals surface area (Å²) in [6.45, 7) is 16.4. The zero-order valence-corrected chi connectivity index (χ0v) is 23.4. The number of hydrogen-bond acceptors (Lipinski definition) is 3. The molecule has 2 saturated heterocycles. The van der Waals surface area contributed by atoms with Gasteiger partial charge in [0, 0.05) is 11.1 Å². The van der Waals surface area contributed by atoms with Gasteiger partial charge in [-0.05, 0) is 85.2 Å². The molecule has 4 fully saturated rings. The lowest BCUT2D eigenvalue weighted by Gasteiger charge is -2.59. The number of para-hydroxylation sites is 1. The molecule has 37 heavy (non-hydrogen) atoms. The number of hydrogen-bond donors (Lipinski definition) is 2. The van der Waals surface area contributed by atoms with E-state index in [1.54, 1.807) is 0 Å². The highest BCUT2D eigenvalue weighted by atomic mass is 16.2. The SMILES string of the molecule is C=C1CC[C@H]2C(C)(C)CCC[C@]2(C)[C@H]1C[C@@]12C[C@H]3C(=O)N[C@@H](CC(C)C)C(=O)N3[C@@H]1Nc1ccccc12. The quantitative estimate of drug-likeness (QED) is 0.495. The number of carbonyl (C=O) groups excluding carboxylic acids is 2. The van der Waals surface area contributed by atoms with Gasteiger partial charge in [0.2, 0.25) is 11.8 Å². The topological polar surface area (TPSA) is 61.4 Å². The van der Waals surface area contributed by atoms with Crippen molar-refractivity contribution in [2.75, 3.05) is 5.32 Å². The van der Waals surface area contributed by atoms with Crippen LogP contribution >= 0.6 is 0 Å². The van der Waals surface area contributed by atoms with Gasteiger partial charge >= 0.3 is 0 Å². The van der Waals surface area contributed by atoms with E-state index in [4.69, 9.17) is 0 Å². The first-order valence-corrected chi connectivity index (χ1v) is 14.6. The van der Waals surface area contributed by atoms with Crippen molar-refractivity contribution in [2.24, 2.45) is 28.6 Å². The fourth-order valence-electron chi connectivity index (χ4n) is 9.62. The molecule has 2 saturated carbocycles.